The molecule has 3 heteroatoms. The molecule has 0 radical (unpaired) electrons. The highest BCUT2D eigenvalue weighted by molar-refractivity contribution is 5.62. The van der Waals surface area contributed by atoms with Crippen molar-refractivity contribution in [1.29, 1.82) is 0 Å². The van der Waals surface area contributed by atoms with E-state index in [9.17, 15) is 4.39 Å². The lowest BCUT2D eigenvalue weighted by atomic mass is 10.00. The fraction of sp³-hybridized carbons (Fsp3) is 0.538. The smallest absolute Gasteiger partial charge is 0.142 e. The van der Waals surface area contributed by atoms with E-state index in [4.69, 9.17) is 0 Å². The van der Waals surface area contributed by atoms with Gasteiger partial charge in [-0.15, -0.1) is 0 Å². The second-order valence-electron chi connectivity index (χ2n) is 4.31. The number of nitrogens with one attached hydrogen (secondary N) is 2. The summed E-state index contributed by atoms with van der Waals surface area (Å²) in [6.07, 6.45) is 0.0615. The molecule has 2 unspecified atom stereocenters. The summed E-state index contributed by atoms with van der Waals surface area (Å²) in [6, 6.07) is 5.77. The Labute approximate surface area is 96.2 Å². The van der Waals surface area contributed by atoms with Crippen LogP contribution in [0, 0.1) is 0 Å². The van der Waals surface area contributed by atoms with Crippen LogP contribution in [0.1, 0.15) is 31.1 Å². The van der Waals surface area contributed by atoms with E-state index in [0.717, 1.165) is 30.8 Å². The maximum atomic E-state index is 14.3. The van der Waals surface area contributed by atoms with Gasteiger partial charge in [-0.05, 0) is 25.5 Å². The molecular weight excluding hydrogens is 203 g/mol. The van der Waals surface area contributed by atoms with Crippen molar-refractivity contribution in [3.63, 3.8) is 0 Å². The van der Waals surface area contributed by atoms with E-state index in [2.05, 4.69) is 16.7 Å². The number of halogens is 1. The van der Waals surface area contributed by atoms with E-state index in [1.54, 1.807) is 0 Å². The van der Waals surface area contributed by atoms with Crippen molar-refractivity contribution < 1.29 is 4.39 Å². The number of likely N-dealkylation sites (N-methyl/N-ethyl adjacent to an activating group) is 1. The van der Waals surface area contributed by atoms with Crippen LogP contribution >= 0.6 is 0 Å². The van der Waals surface area contributed by atoms with E-state index in [0.29, 0.717) is 0 Å². The molecule has 1 aromatic rings. The van der Waals surface area contributed by atoms with E-state index < -0.39 is 6.17 Å². The fourth-order valence-corrected chi connectivity index (χ4v) is 2.29. The number of anilines is 1. The van der Waals surface area contributed by atoms with Crippen LogP contribution in [-0.2, 0) is 6.42 Å². The summed E-state index contributed by atoms with van der Waals surface area (Å²) in [5.74, 6) is 0. The van der Waals surface area contributed by atoms with Gasteiger partial charge in [-0.25, -0.2) is 4.39 Å². The lowest BCUT2D eigenvalue weighted by Gasteiger charge is -2.20. The maximum Gasteiger partial charge on any atom is 0.142 e. The first kappa shape index (κ1) is 11.4. The third kappa shape index (κ3) is 2.05. The molecule has 0 amide bonds. The molecule has 0 bridgehead atoms. The van der Waals surface area contributed by atoms with E-state index in [-0.39, 0.29) is 6.04 Å². The quantitative estimate of drug-likeness (QED) is 0.818. The minimum Gasteiger partial charge on any atom is -0.384 e. The SMILES string of the molecule is CCNC(C)C(F)c1cccc2c1NCC2. The molecule has 2 nitrogen and oxygen atoms in total. The molecule has 0 fully saturated rings. The third-order valence-electron chi connectivity index (χ3n) is 3.14. The van der Waals surface area contributed by atoms with Gasteiger partial charge in [0.25, 0.3) is 0 Å². The highest BCUT2D eigenvalue weighted by atomic mass is 19.1. The van der Waals surface area contributed by atoms with Crippen molar-refractivity contribution in [1.82, 2.24) is 5.32 Å². The highest BCUT2D eigenvalue weighted by Crippen LogP contribution is 2.34. The number of para-hydroxylation sites is 1. The summed E-state index contributed by atoms with van der Waals surface area (Å²) in [5, 5.41) is 6.41. The molecule has 0 spiro atoms. The Morgan fingerprint density at radius 1 is 1.50 bits per heavy atom. The van der Waals surface area contributed by atoms with Crippen LogP contribution in [0.4, 0.5) is 10.1 Å². The second-order valence-corrected chi connectivity index (χ2v) is 4.31. The molecule has 88 valence electrons. The number of rotatable bonds is 4. The van der Waals surface area contributed by atoms with Crippen molar-refractivity contribution in [2.45, 2.75) is 32.5 Å². The average molecular weight is 222 g/mol. The summed E-state index contributed by atoms with van der Waals surface area (Å²) < 4.78 is 14.3. The van der Waals surface area contributed by atoms with Gasteiger partial charge in [-0.3, -0.25) is 0 Å². The van der Waals surface area contributed by atoms with Crippen LogP contribution in [0.3, 0.4) is 0 Å². The summed E-state index contributed by atoms with van der Waals surface area (Å²) in [7, 11) is 0. The standard InChI is InChI=1S/C13H19FN2/c1-3-15-9(2)12(14)11-6-4-5-10-7-8-16-13(10)11/h4-6,9,12,15-16H,3,7-8H2,1-2H3. The molecular formula is C13H19FN2. The Morgan fingerprint density at radius 2 is 2.31 bits per heavy atom. The number of hydrogen-bond acceptors (Lipinski definition) is 2. The molecule has 2 atom stereocenters. The molecule has 16 heavy (non-hydrogen) atoms. The number of hydrogen-bond donors (Lipinski definition) is 2. The molecule has 1 heterocycles. The van der Waals surface area contributed by atoms with Gasteiger partial charge in [-0.2, -0.15) is 0 Å². The Kier molecular flexibility index (Phi) is 3.44. The minimum atomic E-state index is -0.944. The predicted molar refractivity (Wildman–Crippen MR) is 65.6 cm³/mol. The topological polar surface area (TPSA) is 24.1 Å². The van der Waals surface area contributed by atoms with Gasteiger partial charge in [0, 0.05) is 23.8 Å². The van der Waals surface area contributed by atoms with Gasteiger partial charge in [-0.1, -0.05) is 25.1 Å². The lowest BCUT2D eigenvalue weighted by Crippen LogP contribution is -2.30. The Bertz CT molecular complexity index is 365. The first-order chi connectivity index (χ1) is 7.74. The van der Waals surface area contributed by atoms with Gasteiger partial charge < -0.3 is 10.6 Å². The molecule has 2 rings (SSSR count). The van der Waals surface area contributed by atoms with Gasteiger partial charge in [0.1, 0.15) is 6.17 Å². The molecule has 1 aliphatic rings. The Hall–Kier alpha value is -1.09. The van der Waals surface area contributed by atoms with E-state index in [1.165, 1.54) is 5.56 Å². The van der Waals surface area contributed by atoms with Crippen molar-refractivity contribution >= 4 is 5.69 Å². The van der Waals surface area contributed by atoms with Crippen LogP contribution in [0.25, 0.3) is 0 Å². The number of fused-ring (bicyclic) bond motifs is 1. The molecule has 1 aromatic carbocycles. The van der Waals surface area contributed by atoms with Crippen LogP contribution in [0.2, 0.25) is 0 Å². The van der Waals surface area contributed by atoms with Crippen molar-refractivity contribution in [3.8, 4) is 0 Å². The molecule has 2 N–H and O–H groups in total. The first-order valence-corrected chi connectivity index (χ1v) is 5.97. The van der Waals surface area contributed by atoms with Crippen molar-refractivity contribution in [2.75, 3.05) is 18.4 Å². The van der Waals surface area contributed by atoms with Gasteiger partial charge in [0.15, 0.2) is 0 Å². The molecule has 0 aliphatic carbocycles. The molecule has 0 aromatic heterocycles. The zero-order chi connectivity index (χ0) is 11.5. The minimum absolute atomic E-state index is 0.140. The average Bonchev–Trinajstić information content (AvgIpc) is 2.76. The Balaban J connectivity index is 2.23. The first-order valence-electron chi connectivity index (χ1n) is 5.97. The van der Waals surface area contributed by atoms with Crippen LogP contribution < -0.4 is 10.6 Å². The Morgan fingerprint density at radius 3 is 3.06 bits per heavy atom. The molecule has 1 aliphatic heterocycles. The van der Waals surface area contributed by atoms with E-state index in [1.807, 2.05) is 26.0 Å². The zero-order valence-electron chi connectivity index (χ0n) is 9.89. The fourth-order valence-electron chi connectivity index (χ4n) is 2.29. The summed E-state index contributed by atoms with van der Waals surface area (Å²) in [4.78, 5) is 0. The zero-order valence-corrected chi connectivity index (χ0v) is 9.89. The van der Waals surface area contributed by atoms with E-state index >= 15 is 0 Å². The molecule has 0 saturated heterocycles. The molecule has 0 saturated carbocycles. The van der Waals surface area contributed by atoms with Gasteiger partial charge in [0.2, 0.25) is 0 Å². The summed E-state index contributed by atoms with van der Waals surface area (Å²) in [5.41, 5.74) is 3.05. The largest absolute Gasteiger partial charge is 0.384 e. The van der Waals surface area contributed by atoms with Crippen LogP contribution in [0.15, 0.2) is 18.2 Å². The number of alkyl halides is 1. The summed E-state index contributed by atoms with van der Waals surface area (Å²) in [6.45, 7) is 5.61. The monoisotopic (exact) mass is 222 g/mol. The summed E-state index contributed by atoms with van der Waals surface area (Å²) >= 11 is 0. The van der Waals surface area contributed by atoms with Crippen LogP contribution in [0.5, 0.6) is 0 Å². The second kappa shape index (κ2) is 4.83. The normalized spacial score (nSPS) is 17.7. The number of benzene rings is 1. The van der Waals surface area contributed by atoms with Gasteiger partial charge in [0.05, 0.1) is 0 Å². The van der Waals surface area contributed by atoms with Crippen LogP contribution in [-0.4, -0.2) is 19.1 Å². The van der Waals surface area contributed by atoms with Crippen molar-refractivity contribution in [2.24, 2.45) is 0 Å². The van der Waals surface area contributed by atoms with Crippen molar-refractivity contribution in [3.05, 3.63) is 29.3 Å². The lowest BCUT2D eigenvalue weighted by molar-refractivity contribution is 0.269. The predicted octanol–water partition coefficient (Wildman–Crippen LogP) is 2.66. The third-order valence-corrected chi connectivity index (χ3v) is 3.14. The highest BCUT2D eigenvalue weighted by Gasteiger charge is 2.23. The van der Waals surface area contributed by atoms with Gasteiger partial charge >= 0.3 is 0 Å². The maximum absolute atomic E-state index is 14.3.